The van der Waals surface area contributed by atoms with Crippen LogP contribution >= 0.6 is 23.2 Å². The van der Waals surface area contributed by atoms with Crippen molar-refractivity contribution in [3.63, 3.8) is 0 Å². The van der Waals surface area contributed by atoms with Gasteiger partial charge in [-0.2, -0.15) is 0 Å². The molecule has 3 aromatic carbocycles. The van der Waals surface area contributed by atoms with E-state index in [9.17, 15) is 28.7 Å². The molecule has 6 atom stereocenters. The van der Waals surface area contributed by atoms with Crippen molar-refractivity contribution in [2.45, 2.75) is 53.9 Å². The predicted molar refractivity (Wildman–Crippen MR) is 192 cm³/mol. The average Bonchev–Trinajstić information content (AvgIpc) is 3.49. The molecule has 8 rings (SSSR count). The number of aliphatic hydroxyl groups is 1. The van der Waals surface area contributed by atoms with Crippen LogP contribution in [0, 0.1) is 23.6 Å². The normalized spacial score (nSPS) is 30.7. The number of halogens is 3. The van der Waals surface area contributed by atoms with E-state index in [4.69, 9.17) is 27.9 Å². The summed E-state index contributed by atoms with van der Waals surface area (Å²) in [6.07, 6.45) is 3.38. The zero-order valence-corrected chi connectivity index (χ0v) is 29.8. The number of amides is 4. The average molecular weight is 747 g/mol. The second-order valence-electron chi connectivity index (χ2n) is 14.4. The zero-order chi connectivity index (χ0) is 36.4. The Morgan fingerprint density at radius 3 is 2.21 bits per heavy atom. The van der Waals surface area contributed by atoms with Gasteiger partial charge in [0.15, 0.2) is 9.75 Å². The third kappa shape index (κ3) is 5.40. The molecular weight excluding hydrogens is 708 g/mol. The quantitative estimate of drug-likeness (QED) is 0.186. The molecule has 0 unspecified atom stereocenters. The van der Waals surface area contributed by atoms with E-state index in [1.807, 2.05) is 24.3 Å². The van der Waals surface area contributed by atoms with Gasteiger partial charge in [0, 0.05) is 31.6 Å². The molecule has 0 radical (unpaired) electrons. The number of allylic oxidation sites excluding steroid dienone is 2. The number of alkyl halides is 2. The Morgan fingerprint density at radius 1 is 0.846 bits per heavy atom. The van der Waals surface area contributed by atoms with E-state index in [0.29, 0.717) is 29.7 Å². The van der Waals surface area contributed by atoms with Gasteiger partial charge in [0.05, 0.1) is 24.1 Å². The Hall–Kier alpha value is -4.09. The van der Waals surface area contributed by atoms with Gasteiger partial charge >= 0.3 is 0 Å². The van der Waals surface area contributed by atoms with Crippen molar-refractivity contribution >= 4 is 52.5 Å². The molecule has 3 aliphatic heterocycles. The topological polar surface area (TPSA) is 107 Å². The van der Waals surface area contributed by atoms with Crippen LogP contribution in [0.25, 0.3) is 0 Å². The van der Waals surface area contributed by atoms with E-state index < -0.39 is 51.1 Å². The first kappa shape index (κ1) is 35.0. The number of piperidine rings is 1. The Morgan fingerprint density at radius 2 is 1.54 bits per heavy atom. The number of ether oxygens (including phenoxy) is 1. The molecule has 52 heavy (non-hydrogen) atoms. The van der Waals surface area contributed by atoms with E-state index >= 15 is 0 Å². The van der Waals surface area contributed by atoms with Crippen LogP contribution in [0.1, 0.15) is 42.7 Å². The van der Waals surface area contributed by atoms with Gasteiger partial charge in [-0.15, -0.1) is 23.2 Å². The molecule has 2 aliphatic carbocycles. The number of imide groups is 2. The Bertz CT molecular complexity index is 1940. The first-order chi connectivity index (χ1) is 25.1. The highest BCUT2D eigenvalue weighted by atomic mass is 35.5. The van der Waals surface area contributed by atoms with Gasteiger partial charge in [-0.25, -0.2) is 9.29 Å². The standard InChI is InChI=1S/C40H38Cl2FN3O6/c41-39-22-32-30(14-15-31-33(32)36(49)45(35(31)48)28-16-18-44(19-17-28)23-24-4-2-1-3-5-24)34(25-6-12-29(13-7-25)52-21-20-47)40(39,42)38(51)46(37(39)50)27-10-8-26(43)9-11-27/h1-14,28,31-34,47H,15-23H2/t31-,32+,33-,34-,39+,40-/m0/s1. The minimum Gasteiger partial charge on any atom is -0.491 e. The number of fused-ring (bicyclic) bond motifs is 4. The molecule has 5 aliphatic rings. The van der Waals surface area contributed by atoms with Crippen LogP contribution in [0.4, 0.5) is 10.1 Å². The van der Waals surface area contributed by atoms with Crippen molar-refractivity contribution in [2.24, 2.45) is 17.8 Å². The van der Waals surface area contributed by atoms with E-state index in [1.165, 1.54) is 22.6 Å². The number of rotatable bonds is 8. The predicted octanol–water partition coefficient (Wildman–Crippen LogP) is 5.42. The van der Waals surface area contributed by atoms with Crippen LogP contribution in [0.5, 0.6) is 5.75 Å². The van der Waals surface area contributed by atoms with E-state index in [1.54, 1.807) is 24.3 Å². The lowest BCUT2D eigenvalue weighted by molar-refractivity contribution is -0.144. The molecule has 1 saturated carbocycles. The number of hydrogen-bond acceptors (Lipinski definition) is 7. The van der Waals surface area contributed by atoms with Crippen LogP contribution in [0.2, 0.25) is 0 Å². The van der Waals surface area contributed by atoms with Crippen LogP contribution in [0.15, 0.2) is 90.5 Å². The number of carbonyl (C=O) groups is 4. The molecule has 4 amide bonds. The second-order valence-corrected chi connectivity index (χ2v) is 15.7. The SMILES string of the molecule is O=C1[C@H]2[C@H](CC=C3[C@H]2C[C@@]2(Cl)C(=O)N(c4ccc(F)cc4)C(=O)[C@@]2(Cl)[C@H]3c2ccc(OCCO)cc2)C(=O)N1C1CCN(Cc2ccccc2)CC1. The third-order valence-corrected chi connectivity index (χ3v) is 13.1. The molecule has 0 aromatic heterocycles. The summed E-state index contributed by atoms with van der Waals surface area (Å²) in [6.45, 7) is 2.20. The summed E-state index contributed by atoms with van der Waals surface area (Å²) >= 11 is 14.9. The van der Waals surface area contributed by atoms with Crippen molar-refractivity contribution in [3.8, 4) is 5.75 Å². The zero-order valence-electron chi connectivity index (χ0n) is 28.3. The van der Waals surface area contributed by atoms with Gasteiger partial charge in [0.1, 0.15) is 18.2 Å². The fraction of sp³-hybridized carbons (Fsp3) is 0.400. The molecule has 3 aromatic rings. The Balaban J connectivity index is 1.13. The number of anilines is 1. The minimum atomic E-state index is -2.01. The number of nitrogens with zero attached hydrogens (tertiary/aromatic N) is 3. The van der Waals surface area contributed by atoms with Crippen molar-refractivity contribution in [1.82, 2.24) is 9.80 Å². The third-order valence-electron chi connectivity index (χ3n) is 11.7. The smallest absolute Gasteiger partial charge is 0.258 e. The van der Waals surface area contributed by atoms with Crippen LogP contribution in [0.3, 0.4) is 0 Å². The molecular formula is C40H38Cl2FN3O6. The number of benzene rings is 3. The first-order valence-electron chi connectivity index (χ1n) is 17.8. The molecule has 3 heterocycles. The van der Waals surface area contributed by atoms with E-state index in [2.05, 4.69) is 17.0 Å². The van der Waals surface area contributed by atoms with Gasteiger partial charge in [0.2, 0.25) is 11.8 Å². The van der Waals surface area contributed by atoms with Crippen molar-refractivity contribution < 1.29 is 33.4 Å². The van der Waals surface area contributed by atoms with Gasteiger partial charge in [-0.3, -0.25) is 29.0 Å². The number of hydrogen-bond donors (Lipinski definition) is 1. The Kier molecular flexibility index (Phi) is 9.01. The summed E-state index contributed by atoms with van der Waals surface area (Å²) in [7, 11) is 0. The lowest BCUT2D eigenvalue weighted by atomic mass is 9.56. The molecule has 0 spiro atoms. The van der Waals surface area contributed by atoms with E-state index in [-0.39, 0.29) is 49.6 Å². The molecule has 4 fully saturated rings. The molecule has 0 bridgehead atoms. The molecule has 270 valence electrons. The summed E-state index contributed by atoms with van der Waals surface area (Å²) in [5.41, 5.74) is 2.61. The Labute approximate surface area is 310 Å². The second kappa shape index (κ2) is 13.4. The van der Waals surface area contributed by atoms with Crippen LogP contribution < -0.4 is 9.64 Å². The summed E-state index contributed by atoms with van der Waals surface area (Å²) in [4.78, 5) is 58.4. The highest BCUT2D eigenvalue weighted by molar-refractivity contribution is 6.58. The fourth-order valence-corrected chi connectivity index (χ4v) is 10.2. The first-order valence-corrected chi connectivity index (χ1v) is 18.5. The van der Waals surface area contributed by atoms with Gasteiger partial charge < -0.3 is 9.84 Å². The monoisotopic (exact) mass is 745 g/mol. The van der Waals surface area contributed by atoms with Crippen molar-refractivity contribution in [1.29, 1.82) is 0 Å². The van der Waals surface area contributed by atoms with Gasteiger partial charge in [0.25, 0.3) is 11.8 Å². The summed E-state index contributed by atoms with van der Waals surface area (Å²) in [5, 5.41) is 9.23. The molecule has 1 N–H and O–H groups in total. The number of likely N-dealkylation sites (tertiary alicyclic amines) is 2. The lowest BCUT2D eigenvalue weighted by Gasteiger charge is -2.50. The number of aliphatic hydroxyl groups excluding tert-OH is 1. The summed E-state index contributed by atoms with van der Waals surface area (Å²) < 4.78 is 19.5. The van der Waals surface area contributed by atoms with Crippen molar-refractivity contribution in [3.05, 3.63) is 107 Å². The van der Waals surface area contributed by atoms with Crippen LogP contribution in [-0.2, 0) is 25.7 Å². The lowest BCUT2D eigenvalue weighted by Crippen LogP contribution is -2.60. The minimum absolute atomic E-state index is 0.0849. The molecule has 3 saturated heterocycles. The maximum atomic E-state index is 14.6. The molecule has 12 heteroatoms. The summed E-state index contributed by atoms with van der Waals surface area (Å²) in [5.74, 6) is -5.03. The molecule has 9 nitrogen and oxygen atoms in total. The fourth-order valence-electron chi connectivity index (χ4n) is 9.25. The highest BCUT2D eigenvalue weighted by Gasteiger charge is 2.76. The maximum Gasteiger partial charge on any atom is 0.258 e. The van der Waals surface area contributed by atoms with Gasteiger partial charge in [-0.05, 0) is 79.1 Å². The van der Waals surface area contributed by atoms with Crippen LogP contribution in [-0.4, -0.2) is 80.6 Å². The van der Waals surface area contributed by atoms with E-state index in [0.717, 1.165) is 36.7 Å². The number of carbonyl (C=O) groups excluding carboxylic acids is 4. The van der Waals surface area contributed by atoms with Gasteiger partial charge in [-0.1, -0.05) is 54.1 Å². The summed E-state index contributed by atoms with van der Waals surface area (Å²) in [6, 6.07) is 21.8. The largest absolute Gasteiger partial charge is 0.491 e. The van der Waals surface area contributed by atoms with Crippen molar-refractivity contribution in [2.75, 3.05) is 31.2 Å². The maximum absolute atomic E-state index is 14.6. The highest BCUT2D eigenvalue weighted by Crippen LogP contribution is 2.66.